The lowest BCUT2D eigenvalue weighted by molar-refractivity contribution is 0.323. The number of hydrogen-bond donors (Lipinski definition) is 1. The number of rotatable bonds is 2. The molecule has 1 saturated heterocycles. The molecule has 19 heavy (non-hydrogen) atoms. The molecule has 1 fully saturated rings. The third-order valence-electron chi connectivity index (χ3n) is 3.37. The van der Waals surface area contributed by atoms with E-state index in [1.807, 2.05) is 0 Å². The van der Waals surface area contributed by atoms with Gasteiger partial charge in [0.25, 0.3) is 5.56 Å². The van der Waals surface area contributed by atoms with Gasteiger partial charge in [0, 0.05) is 37.9 Å². The van der Waals surface area contributed by atoms with Crippen LogP contribution in [0.5, 0.6) is 0 Å². The van der Waals surface area contributed by atoms with Gasteiger partial charge in [-0.15, -0.1) is 0 Å². The van der Waals surface area contributed by atoms with E-state index in [0.717, 1.165) is 25.2 Å². The van der Waals surface area contributed by atoms with Crippen LogP contribution in [0.3, 0.4) is 0 Å². The number of pyridine rings is 1. The minimum atomic E-state index is -0.106. The minimum Gasteiger partial charge on any atom is -0.326 e. The number of nitrogens with two attached hydrogens (primary N) is 1. The van der Waals surface area contributed by atoms with E-state index in [1.54, 1.807) is 24.4 Å². The Morgan fingerprint density at radius 2 is 2.32 bits per heavy atom. The molecular weight excluding hydrogens is 264 g/mol. The average Bonchev–Trinajstić information content (AvgIpc) is 2.76. The van der Waals surface area contributed by atoms with E-state index in [1.165, 1.54) is 4.40 Å². The van der Waals surface area contributed by atoms with E-state index in [9.17, 15) is 4.79 Å². The van der Waals surface area contributed by atoms with Crippen molar-refractivity contribution in [3.63, 3.8) is 0 Å². The van der Waals surface area contributed by atoms with Crippen LogP contribution in [-0.2, 0) is 6.54 Å². The molecule has 0 bridgehead atoms. The van der Waals surface area contributed by atoms with Gasteiger partial charge in [-0.1, -0.05) is 11.6 Å². The summed E-state index contributed by atoms with van der Waals surface area (Å²) < 4.78 is 1.46. The maximum Gasteiger partial charge on any atom is 0.258 e. The summed E-state index contributed by atoms with van der Waals surface area (Å²) in [6, 6.07) is 5.29. The first kappa shape index (κ1) is 12.6. The number of hydrogen-bond acceptors (Lipinski definition) is 4. The molecule has 0 saturated carbocycles. The summed E-state index contributed by atoms with van der Waals surface area (Å²) in [5, 5.41) is 0.523. The first-order valence-corrected chi connectivity index (χ1v) is 6.65. The molecule has 100 valence electrons. The van der Waals surface area contributed by atoms with Gasteiger partial charge in [-0.3, -0.25) is 14.1 Å². The van der Waals surface area contributed by atoms with Crippen molar-refractivity contribution in [2.45, 2.75) is 19.0 Å². The van der Waals surface area contributed by atoms with Crippen molar-refractivity contribution < 1.29 is 0 Å². The smallest absolute Gasteiger partial charge is 0.258 e. The summed E-state index contributed by atoms with van der Waals surface area (Å²) in [5.41, 5.74) is 7.17. The Bertz CT molecular complexity index is 669. The Balaban J connectivity index is 1.93. The lowest BCUT2D eigenvalue weighted by Gasteiger charge is -2.14. The van der Waals surface area contributed by atoms with Gasteiger partial charge in [-0.2, -0.15) is 0 Å². The van der Waals surface area contributed by atoms with Gasteiger partial charge in [-0.05, 0) is 18.6 Å². The SMILES string of the molecule is NC1CCN(Cc2cc(=O)n3cc(Cl)ccc3n2)C1. The average molecular weight is 279 g/mol. The van der Waals surface area contributed by atoms with E-state index in [2.05, 4.69) is 9.88 Å². The maximum absolute atomic E-state index is 12.0. The fourth-order valence-electron chi connectivity index (χ4n) is 2.44. The first-order valence-electron chi connectivity index (χ1n) is 6.27. The summed E-state index contributed by atoms with van der Waals surface area (Å²) >= 11 is 5.87. The quantitative estimate of drug-likeness (QED) is 0.886. The van der Waals surface area contributed by atoms with Crippen molar-refractivity contribution in [1.82, 2.24) is 14.3 Å². The third kappa shape index (κ3) is 2.63. The van der Waals surface area contributed by atoms with E-state index in [0.29, 0.717) is 17.2 Å². The molecule has 1 aliphatic heterocycles. The zero-order chi connectivity index (χ0) is 13.4. The van der Waals surface area contributed by atoms with Crippen molar-refractivity contribution >= 4 is 17.2 Å². The number of aromatic nitrogens is 2. The number of likely N-dealkylation sites (tertiary alicyclic amines) is 1. The number of nitrogens with zero attached hydrogens (tertiary/aromatic N) is 3. The van der Waals surface area contributed by atoms with Crippen molar-refractivity contribution in [2.24, 2.45) is 5.73 Å². The predicted molar refractivity (Wildman–Crippen MR) is 74.3 cm³/mol. The van der Waals surface area contributed by atoms with E-state index >= 15 is 0 Å². The van der Waals surface area contributed by atoms with Gasteiger partial charge in [0.05, 0.1) is 10.7 Å². The Hall–Kier alpha value is -1.43. The molecular formula is C13H15ClN4O. The zero-order valence-corrected chi connectivity index (χ0v) is 11.2. The topological polar surface area (TPSA) is 63.6 Å². The molecule has 2 N–H and O–H groups in total. The molecule has 0 radical (unpaired) electrons. The normalized spacial score (nSPS) is 20.2. The van der Waals surface area contributed by atoms with Crippen LogP contribution in [0, 0.1) is 0 Å². The van der Waals surface area contributed by atoms with Crippen molar-refractivity contribution in [3.8, 4) is 0 Å². The highest BCUT2D eigenvalue weighted by molar-refractivity contribution is 6.30. The predicted octanol–water partition coefficient (Wildman–Crippen LogP) is 0.881. The third-order valence-corrected chi connectivity index (χ3v) is 3.59. The molecule has 1 atom stereocenters. The molecule has 0 aromatic carbocycles. The van der Waals surface area contributed by atoms with Gasteiger partial charge in [-0.25, -0.2) is 4.98 Å². The summed E-state index contributed by atoms with van der Waals surface area (Å²) in [6.07, 6.45) is 2.59. The van der Waals surface area contributed by atoms with Crippen LogP contribution in [0.15, 0.2) is 29.2 Å². The molecule has 1 aliphatic rings. The second-order valence-corrected chi connectivity index (χ2v) is 5.38. The Kier molecular flexibility index (Phi) is 3.26. The second kappa shape index (κ2) is 4.92. The van der Waals surface area contributed by atoms with Gasteiger partial charge in [0.15, 0.2) is 0 Å². The molecule has 3 rings (SSSR count). The van der Waals surface area contributed by atoms with Crippen LogP contribution in [0.1, 0.15) is 12.1 Å². The van der Waals surface area contributed by atoms with E-state index < -0.39 is 0 Å². The largest absolute Gasteiger partial charge is 0.326 e. The van der Waals surface area contributed by atoms with Gasteiger partial charge < -0.3 is 5.73 Å². The van der Waals surface area contributed by atoms with Gasteiger partial charge in [0.2, 0.25) is 0 Å². The Labute approximate surface area is 115 Å². The molecule has 0 spiro atoms. The molecule has 5 nitrogen and oxygen atoms in total. The zero-order valence-electron chi connectivity index (χ0n) is 10.4. The fraction of sp³-hybridized carbons (Fsp3) is 0.385. The highest BCUT2D eigenvalue weighted by Gasteiger charge is 2.19. The Morgan fingerprint density at radius 3 is 3.05 bits per heavy atom. The molecule has 2 aromatic heterocycles. The van der Waals surface area contributed by atoms with Gasteiger partial charge >= 0.3 is 0 Å². The molecule has 2 aromatic rings. The monoisotopic (exact) mass is 278 g/mol. The van der Waals surface area contributed by atoms with Crippen LogP contribution in [0.25, 0.3) is 5.65 Å². The van der Waals surface area contributed by atoms with Crippen molar-refractivity contribution in [1.29, 1.82) is 0 Å². The molecule has 0 aliphatic carbocycles. The maximum atomic E-state index is 12.0. The van der Waals surface area contributed by atoms with Crippen LogP contribution in [0.4, 0.5) is 0 Å². The van der Waals surface area contributed by atoms with Crippen LogP contribution in [-0.4, -0.2) is 33.4 Å². The summed E-state index contributed by atoms with van der Waals surface area (Å²) in [5.74, 6) is 0. The van der Waals surface area contributed by atoms with E-state index in [-0.39, 0.29) is 11.6 Å². The summed E-state index contributed by atoms with van der Waals surface area (Å²) in [7, 11) is 0. The Morgan fingerprint density at radius 1 is 1.47 bits per heavy atom. The molecule has 6 heteroatoms. The van der Waals surface area contributed by atoms with Crippen LogP contribution >= 0.6 is 11.6 Å². The summed E-state index contributed by atoms with van der Waals surface area (Å²) in [6.45, 7) is 2.49. The second-order valence-electron chi connectivity index (χ2n) is 4.95. The first-order chi connectivity index (χ1) is 9.11. The number of fused-ring (bicyclic) bond motifs is 1. The highest BCUT2D eigenvalue weighted by atomic mass is 35.5. The number of halogens is 1. The minimum absolute atomic E-state index is 0.106. The fourth-order valence-corrected chi connectivity index (χ4v) is 2.60. The van der Waals surface area contributed by atoms with Crippen molar-refractivity contribution in [2.75, 3.05) is 13.1 Å². The van der Waals surface area contributed by atoms with Crippen LogP contribution < -0.4 is 11.3 Å². The molecule has 0 amide bonds. The summed E-state index contributed by atoms with van der Waals surface area (Å²) in [4.78, 5) is 18.7. The lowest BCUT2D eigenvalue weighted by Crippen LogP contribution is -2.27. The highest BCUT2D eigenvalue weighted by Crippen LogP contribution is 2.12. The van der Waals surface area contributed by atoms with Crippen molar-refractivity contribution in [3.05, 3.63) is 45.5 Å². The van der Waals surface area contributed by atoms with Crippen LogP contribution in [0.2, 0.25) is 5.02 Å². The lowest BCUT2D eigenvalue weighted by atomic mass is 10.3. The molecule has 3 heterocycles. The van der Waals surface area contributed by atoms with E-state index in [4.69, 9.17) is 17.3 Å². The molecule has 1 unspecified atom stereocenters. The van der Waals surface area contributed by atoms with Gasteiger partial charge in [0.1, 0.15) is 5.65 Å². The standard InChI is InChI=1S/C13H15ClN4O/c14-9-1-2-12-16-11(5-13(19)18(12)6-9)8-17-4-3-10(15)7-17/h1-2,5-6,10H,3-4,7-8,15H2.